The van der Waals surface area contributed by atoms with Crippen molar-refractivity contribution in [2.45, 2.75) is 25.3 Å². The Bertz CT molecular complexity index is 1290. The first-order chi connectivity index (χ1) is 16.1. The van der Waals surface area contributed by atoms with E-state index < -0.39 is 22.5 Å². The third-order valence-electron chi connectivity index (χ3n) is 5.29. The van der Waals surface area contributed by atoms with Crippen LogP contribution in [0.15, 0.2) is 71.6 Å². The first-order valence-electron chi connectivity index (χ1n) is 10.4. The summed E-state index contributed by atoms with van der Waals surface area (Å²) in [6.07, 6.45) is 0. The summed E-state index contributed by atoms with van der Waals surface area (Å²) in [6.45, 7) is 2.86. The number of benzene rings is 3. The lowest BCUT2D eigenvalue weighted by atomic mass is 10.2. The van der Waals surface area contributed by atoms with Crippen LogP contribution in [0.4, 0.5) is 5.69 Å². The van der Waals surface area contributed by atoms with Crippen molar-refractivity contribution in [3.63, 3.8) is 0 Å². The molecule has 3 aromatic carbocycles. The standard InChI is InChI=1S/C25H25ClN2O5S/c1-17-23(26)5-4-6-24(17)28(34(31,32)22-13-9-20(10-14-22)18(2)29)16-25(30)27-15-19-7-11-21(33-3)12-8-19/h4-14H,15-16H2,1-3H3,(H,27,30). The maximum atomic E-state index is 13.6. The molecule has 0 bridgehead atoms. The maximum Gasteiger partial charge on any atom is 0.264 e. The van der Waals surface area contributed by atoms with E-state index in [9.17, 15) is 18.0 Å². The summed E-state index contributed by atoms with van der Waals surface area (Å²) in [6, 6.07) is 17.6. The number of Topliss-reactive ketones (excluding diaryl/α,β-unsaturated/α-hetero) is 1. The lowest BCUT2D eigenvalue weighted by Crippen LogP contribution is -2.41. The van der Waals surface area contributed by atoms with Crippen LogP contribution in [0.2, 0.25) is 5.02 Å². The van der Waals surface area contributed by atoms with Crippen LogP contribution in [-0.2, 0) is 21.4 Å². The van der Waals surface area contributed by atoms with Gasteiger partial charge in [0.25, 0.3) is 10.0 Å². The molecular formula is C25H25ClN2O5S. The molecule has 9 heteroatoms. The monoisotopic (exact) mass is 500 g/mol. The molecule has 3 rings (SSSR count). The van der Waals surface area contributed by atoms with Crippen molar-refractivity contribution in [2.75, 3.05) is 18.0 Å². The van der Waals surface area contributed by atoms with Gasteiger partial charge in [0.2, 0.25) is 5.91 Å². The molecule has 0 aliphatic heterocycles. The number of ketones is 1. The molecule has 0 aliphatic carbocycles. The summed E-state index contributed by atoms with van der Waals surface area (Å²) >= 11 is 6.24. The minimum Gasteiger partial charge on any atom is -0.497 e. The van der Waals surface area contributed by atoms with Crippen LogP contribution in [-0.4, -0.2) is 33.8 Å². The quantitative estimate of drug-likeness (QED) is 0.440. The summed E-state index contributed by atoms with van der Waals surface area (Å²) in [5.74, 6) is 0.0306. The fourth-order valence-electron chi connectivity index (χ4n) is 3.29. The predicted octanol–water partition coefficient (Wildman–Crippen LogP) is 4.37. The van der Waals surface area contributed by atoms with E-state index in [1.807, 2.05) is 12.1 Å². The number of rotatable bonds is 9. The zero-order valence-electron chi connectivity index (χ0n) is 19.0. The molecule has 0 aromatic heterocycles. The predicted molar refractivity (Wildman–Crippen MR) is 132 cm³/mol. The molecular weight excluding hydrogens is 476 g/mol. The number of carbonyl (C=O) groups excluding carboxylic acids is 2. The van der Waals surface area contributed by atoms with Crippen molar-refractivity contribution < 1.29 is 22.7 Å². The molecule has 178 valence electrons. The number of ether oxygens (including phenoxy) is 1. The van der Waals surface area contributed by atoms with Crippen LogP contribution in [0, 0.1) is 6.92 Å². The van der Waals surface area contributed by atoms with Crippen molar-refractivity contribution in [3.8, 4) is 5.75 Å². The van der Waals surface area contributed by atoms with Gasteiger partial charge in [-0.05, 0) is 61.4 Å². The van der Waals surface area contributed by atoms with Crippen LogP contribution in [0.5, 0.6) is 5.75 Å². The van der Waals surface area contributed by atoms with Crippen LogP contribution in [0.25, 0.3) is 0 Å². The van der Waals surface area contributed by atoms with Crippen LogP contribution in [0.1, 0.15) is 28.4 Å². The topological polar surface area (TPSA) is 92.8 Å². The van der Waals surface area contributed by atoms with E-state index in [0.29, 0.717) is 27.6 Å². The van der Waals surface area contributed by atoms with Gasteiger partial charge in [0, 0.05) is 17.1 Å². The van der Waals surface area contributed by atoms with Gasteiger partial charge >= 0.3 is 0 Å². The number of sulfonamides is 1. The highest BCUT2D eigenvalue weighted by atomic mass is 35.5. The van der Waals surface area contributed by atoms with Gasteiger partial charge in [-0.15, -0.1) is 0 Å². The summed E-state index contributed by atoms with van der Waals surface area (Å²) < 4.78 is 33.3. The van der Waals surface area contributed by atoms with Gasteiger partial charge in [-0.25, -0.2) is 8.42 Å². The van der Waals surface area contributed by atoms with Gasteiger partial charge in [0.15, 0.2) is 5.78 Å². The zero-order chi connectivity index (χ0) is 24.9. The largest absolute Gasteiger partial charge is 0.497 e. The Morgan fingerprint density at radius 2 is 1.65 bits per heavy atom. The van der Waals surface area contributed by atoms with E-state index in [-0.39, 0.29) is 17.2 Å². The first-order valence-corrected chi connectivity index (χ1v) is 12.2. The summed E-state index contributed by atoms with van der Waals surface area (Å²) in [7, 11) is -2.57. The number of carbonyl (C=O) groups is 2. The molecule has 34 heavy (non-hydrogen) atoms. The number of hydrogen-bond acceptors (Lipinski definition) is 5. The number of nitrogens with zero attached hydrogens (tertiary/aromatic N) is 1. The molecule has 1 amide bonds. The fourth-order valence-corrected chi connectivity index (χ4v) is 4.93. The smallest absolute Gasteiger partial charge is 0.264 e. The average molecular weight is 501 g/mol. The number of methoxy groups -OCH3 is 1. The van der Waals surface area contributed by atoms with E-state index in [2.05, 4.69) is 5.32 Å². The third-order valence-corrected chi connectivity index (χ3v) is 7.48. The SMILES string of the molecule is COc1ccc(CNC(=O)CN(c2cccc(Cl)c2C)S(=O)(=O)c2ccc(C(C)=O)cc2)cc1. The van der Waals surface area contributed by atoms with Gasteiger partial charge in [-0.3, -0.25) is 13.9 Å². The Morgan fingerprint density at radius 1 is 1.00 bits per heavy atom. The molecule has 0 saturated carbocycles. The van der Waals surface area contributed by atoms with Crippen molar-refractivity contribution >= 4 is 39.0 Å². The number of halogens is 1. The van der Waals surface area contributed by atoms with Crippen LogP contribution >= 0.6 is 11.6 Å². The van der Waals surface area contributed by atoms with Crippen molar-refractivity contribution in [1.82, 2.24) is 5.32 Å². The Labute approximate surface area is 204 Å². The van der Waals surface area contributed by atoms with Crippen molar-refractivity contribution in [2.24, 2.45) is 0 Å². The zero-order valence-corrected chi connectivity index (χ0v) is 20.6. The fraction of sp³-hybridized carbons (Fsp3) is 0.200. The summed E-state index contributed by atoms with van der Waals surface area (Å²) in [4.78, 5) is 24.4. The van der Waals surface area contributed by atoms with Gasteiger partial charge < -0.3 is 10.1 Å². The molecule has 1 N–H and O–H groups in total. The van der Waals surface area contributed by atoms with Gasteiger partial charge in [0.1, 0.15) is 12.3 Å². The molecule has 0 atom stereocenters. The molecule has 3 aromatic rings. The maximum absolute atomic E-state index is 13.6. The van der Waals surface area contributed by atoms with Crippen LogP contribution in [0.3, 0.4) is 0 Å². The van der Waals surface area contributed by atoms with Gasteiger partial charge in [0.05, 0.1) is 17.7 Å². The van der Waals surface area contributed by atoms with E-state index in [1.54, 1.807) is 44.4 Å². The Hall–Kier alpha value is -3.36. The van der Waals surface area contributed by atoms with Crippen molar-refractivity contribution in [1.29, 1.82) is 0 Å². The van der Waals surface area contributed by atoms with E-state index in [0.717, 1.165) is 9.87 Å². The van der Waals surface area contributed by atoms with Gasteiger partial charge in [-0.1, -0.05) is 41.9 Å². The van der Waals surface area contributed by atoms with Crippen LogP contribution < -0.4 is 14.4 Å². The molecule has 0 heterocycles. The summed E-state index contributed by atoms with van der Waals surface area (Å²) in [5, 5.41) is 3.13. The number of nitrogens with one attached hydrogen (secondary N) is 1. The lowest BCUT2D eigenvalue weighted by Gasteiger charge is -2.26. The molecule has 0 aliphatic rings. The minimum atomic E-state index is -4.14. The average Bonchev–Trinajstić information content (AvgIpc) is 2.83. The third kappa shape index (κ3) is 5.76. The second kappa shape index (κ2) is 10.7. The Morgan fingerprint density at radius 3 is 2.24 bits per heavy atom. The normalized spacial score (nSPS) is 11.1. The summed E-state index contributed by atoms with van der Waals surface area (Å²) in [5.41, 5.74) is 2.04. The minimum absolute atomic E-state index is 0.0418. The highest BCUT2D eigenvalue weighted by Crippen LogP contribution is 2.31. The molecule has 0 spiro atoms. The first kappa shape index (κ1) is 25.3. The molecule has 7 nitrogen and oxygen atoms in total. The second-order valence-corrected chi connectivity index (χ2v) is 9.87. The highest BCUT2D eigenvalue weighted by Gasteiger charge is 2.29. The Kier molecular flexibility index (Phi) is 7.96. The highest BCUT2D eigenvalue weighted by molar-refractivity contribution is 7.92. The molecule has 0 radical (unpaired) electrons. The van der Waals surface area contributed by atoms with Gasteiger partial charge in [-0.2, -0.15) is 0 Å². The molecule has 0 unspecified atom stereocenters. The second-order valence-electron chi connectivity index (χ2n) is 7.60. The lowest BCUT2D eigenvalue weighted by molar-refractivity contribution is -0.119. The number of hydrogen-bond donors (Lipinski definition) is 1. The van der Waals surface area contributed by atoms with E-state index in [1.165, 1.54) is 31.2 Å². The van der Waals surface area contributed by atoms with Crippen molar-refractivity contribution in [3.05, 3.63) is 88.4 Å². The molecule has 0 saturated heterocycles. The molecule has 0 fully saturated rings. The van der Waals surface area contributed by atoms with E-state index in [4.69, 9.17) is 16.3 Å². The number of anilines is 1. The number of amides is 1. The Balaban J connectivity index is 1.89. The van der Waals surface area contributed by atoms with E-state index >= 15 is 0 Å².